The molecule has 0 bridgehead atoms. The molecule has 152 valence electrons. The molecule has 0 spiro atoms. The van der Waals surface area contributed by atoms with Gasteiger partial charge in [-0.2, -0.15) is 0 Å². The molecule has 0 unspecified atom stereocenters. The van der Waals surface area contributed by atoms with Crippen molar-refractivity contribution in [1.82, 2.24) is 10.6 Å². The van der Waals surface area contributed by atoms with E-state index in [0.717, 1.165) is 22.3 Å². The molecular formula is C21H22N2O6. The smallest absolute Gasteiger partial charge is 0.407 e. The van der Waals surface area contributed by atoms with Crippen LogP contribution in [0.2, 0.25) is 0 Å². The van der Waals surface area contributed by atoms with Gasteiger partial charge in [0.25, 0.3) is 0 Å². The highest BCUT2D eigenvalue weighted by molar-refractivity contribution is 5.82. The van der Waals surface area contributed by atoms with Crippen LogP contribution in [0, 0.1) is 0 Å². The summed E-state index contributed by atoms with van der Waals surface area (Å²) < 4.78 is 10.3. The Morgan fingerprint density at radius 1 is 0.931 bits per heavy atom. The average molecular weight is 398 g/mol. The van der Waals surface area contributed by atoms with E-state index in [1.165, 1.54) is 0 Å². The van der Waals surface area contributed by atoms with Crippen LogP contribution in [0.4, 0.5) is 4.79 Å². The van der Waals surface area contributed by atoms with Crippen molar-refractivity contribution >= 4 is 18.0 Å². The number of nitrogens with one attached hydrogen (secondary N) is 2. The fourth-order valence-corrected chi connectivity index (χ4v) is 3.23. The molecule has 1 aliphatic carbocycles. The van der Waals surface area contributed by atoms with Crippen LogP contribution in [0.3, 0.4) is 0 Å². The summed E-state index contributed by atoms with van der Waals surface area (Å²) in [4.78, 5) is 34.0. The number of carboxylic acid groups (broad SMARTS) is 1. The van der Waals surface area contributed by atoms with E-state index in [4.69, 9.17) is 14.6 Å². The molecule has 29 heavy (non-hydrogen) atoms. The number of hydrogen-bond donors (Lipinski definition) is 3. The van der Waals surface area contributed by atoms with Gasteiger partial charge in [-0.1, -0.05) is 48.5 Å². The maximum atomic E-state index is 12.0. The number of alkyl carbamates (subject to hydrolysis) is 1. The highest BCUT2D eigenvalue weighted by Gasteiger charge is 2.28. The lowest BCUT2D eigenvalue weighted by molar-refractivity contribution is -0.138. The van der Waals surface area contributed by atoms with Gasteiger partial charge in [-0.15, -0.1) is 0 Å². The standard InChI is InChI=1S/C21H22N2O6/c24-19(23-13-28-10-9-20(25)26)11-22-21(27)29-12-18-16-7-3-1-5-14(16)15-6-2-4-8-17(15)18/h1-8,18H,9-13H2,(H,22,27)(H,23,24)(H,25,26). The Morgan fingerprint density at radius 2 is 1.55 bits per heavy atom. The van der Waals surface area contributed by atoms with E-state index in [-0.39, 0.29) is 38.8 Å². The zero-order valence-corrected chi connectivity index (χ0v) is 15.7. The van der Waals surface area contributed by atoms with E-state index >= 15 is 0 Å². The number of amides is 2. The zero-order chi connectivity index (χ0) is 20.6. The Bertz CT molecular complexity index is 853. The number of carboxylic acids is 1. The third kappa shape index (κ3) is 5.32. The lowest BCUT2D eigenvalue weighted by Gasteiger charge is -2.14. The van der Waals surface area contributed by atoms with Crippen LogP contribution in [0.1, 0.15) is 23.5 Å². The molecular weight excluding hydrogens is 376 g/mol. The molecule has 8 heteroatoms. The Labute approximate surface area is 167 Å². The van der Waals surface area contributed by atoms with Crippen molar-refractivity contribution < 1.29 is 29.0 Å². The van der Waals surface area contributed by atoms with Crippen LogP contribution >= 0.6 is 0 Å². The van der Waals surface area contributed by atoms with Gasteiger partial charge in [-0.3, -0.25) is 9.59 Å². The molecule has 0 fully saturated rings. The first-order chi connectivity index (χ1) is 14.1. The predicted molar refractivity (Wildman–Crippen MR) is 104 cm³/mol. The van der Waals surface area contributed by atoms with Gasteiger partial charge in [0.2, 0.25) is 5.91 Å². The molecule has 0 aliphatic heterocycles. The topological polar surface area (TPSA) is 114 Å². The van der Waals surface area contributed by atoms with E-state index in [9.17, 15) is 14.4 Å². The molecule has 0 radical (unpaired) electrons. The summed E-state index contributed by atoms with van der Waals surface area (Å²) >= 11 is 0. The SMILES string of the molecule is O=C(O)CCOCNC(=O)CNC(=O)OCC1c2ccccc2-c2ccccc21. The molecule has 0 aromatic heterocycles. The van der Waals surface area contributed by atoms with E-state index < -0.39 is 18.0 Å². The maximum absolute atomic E-state index is 12.0. The summed E-state index contributed by atoms with van der Waals surface area (Å²) in [5.41, 5.74) is 4.49. The zero-order valence-electron chi connectivity index (χ0n) is 15.7. The quantitative estimate of drug-likeness (QED) is 0.440. The van der Waals surface area contributed by atoms with Crippen molar-refractivity contribution in [3.05, 3.63) is 59.7 Å². The number of hydrogen-bond acceptors (Lipinski definition) is 5. The monoisotopic (exact) mass is 398 g/mol. The summed E-state index contributed by atoms with van der Waals surface area (Å²) in [6.45, 7) is -0.230. The lowest BCUT2D eigenvalue weighted by Crippen LogP contribution is -2.38. The number of ether oxygens (including phenoxy) is 2. The Hall–Kier alpha value is -3.39. The normalized spacial score (nSPS) is 12.0. The summed E-state index contributed by atoms with van der Waals surface area (Å²) in [6.07, 6.45) is -0.831. The van der Waals surface area contributed by atoms with Gasteiger partial charge in [0.05, 0.1) is 13.0 Å². The molecule has 0 atom stereocenters. The first-order valence-corrected chi connectivity index (χ1v) is 9.21. The fourth-order valence-electron chi connectivity index (χ4n) is 3.23. The second-order valence-electron chi connectivity index (χ2n) is 6.48. The second-order valence-corrected chi connectivity index (χ2v) is 6.48. The van der Waals surface area contributed by atoms with Crippen molar-refractivity contribution in [3.63, 3.8) is 0 Å². The number of carbonyl (C=O) groups excluding carboxylic acids is 2. The number of aliphatic carboxylic acids is 1. The van der Waals surface area contributed by atoms with Crippen LogP contribution in [-0.4, -0.2) is 49.6 Å². The Kier molecular flexibility index (Phi) is 6.80. The molecule has 0 saturated carbocycles. The molecule has 3 rings (SSSR count). The predicted octanol–water partition coefficient (Wildman–Crippen LogP) is 2.09. The Morgan fingerprint density at radius 3 is 2.17 bits per heavy atom. The van der Waals surface area contributed by atoms with Crippen LogP contribution in [-0.2, 0) is 19.1 Å². The summed E-state index contributed by atoms with van der Waals surface area (Å²) in [7, 11) is 0. The van der Waals surface area contributed by atoms with Gasteiger partial charge < -0.3 is 25.2 Å². The van der Waals surface area contributed by atoms with Crippen molar-refractivity contribution in [2.45, 2.75) is 12.3 Å². The van der Waals surface area contributed by atoms with Gasteiger partial charge in [-0.05, 0) is 22.3 Å². The summed E-state index contributed by atoms with van der Waals surface area (Å²) in [5.74, 6) is -1.49. The highest BCUT2D eigenvalue weighted by Crippen LogP contribution is 2.44. The van der Waals surface area contributed by atoms with Gasteiger partial charge in [0.15, 0.2) is 0 Å². The Balaban J connectivity index is 1.43. The molecule has 0 heterocycles. The minimum atomic E-state index is -0.978. The summed E-state index contributed by atoms with van der Waals surface area (Å²) in [5, 5.41) is 13.3. The second kappa shape index (κ2) is 9.70. The van der Waals surface area contributed by atoms with Crippen molar-refractivity contribution in [2.24, 2.45) is 0 Å². The van der Waals surface area contributed by atoms with Crippen molar-refractivity contribution in [2.75, 3.05) is 26.5 Å². The third-order valence-electron chi connectivity index (χ3n) is 4.57. The molecule has 1 aliphatic rings. The van der Waals surface area contributed by atoms with Crippen molar-refractivity contribution in [3.8, 4) is 11.1 Å². The van der Waals surface area contributed by atoms with Gasteiger partial charge in [-0.25, -0.2) is 4.79 Å². The van der Waals surface area contributed by atoms with Gasteiger partial charge >= 0.3 is 12.1 Å². The number of carbonyl (C=O) groups is 3. The number of benzene rings is 2. The average Bonchev–Trinajstić information content (AvgIpc) is 3.04. The number of fused-ring (bicyclic) bond motifs is 3. The molecule has 8 nitrogen and oxygen atoms in total. The van der Waals surface area contributed by atoms with E-state index in [0.29, 0.717) is 0 Å². The van der Waals surface area contributed by atoms with Crippen molar-refractivity contribution in [1.29, 1.82) is 0 Å². The third-order valence-corrected chi connectivity index (χ3v) is 4.57. The maximum Gasteiger partial charge on any atom is 0.407 e. The number of rotatable bonds is 9. The van der Waals surface area contributed by atoms with Crippen LogP contribution in [0.15, 0.2) is 48.5 Å². The van der Waals surface area contributed by atoms with Crippen LogP contribution in [0.5, 0.6) is 0 Å². The molecule has 2 amide bonds. The van der Waals surface area contributed by atoms with Crippen LogP contribution in [0.25, 0.3) is 11.1 Å². The van der Waals surface area contributed by atoms with Gasteiger partial charge in [0, 0.05) is 5.92 Å². The van der Waals surface area contributed by atoms with E-state index in [1.807, 2.05) is 36.4 Å². The molecule has 2 aromatic carbocycles. The van der Waals surface area contributed by atoms with Crippen LogP contribution < -0.4 is 10.6 Å². The van der Waals surface area contributed by atoms with Gasteiger partial charge in [0.1, 0.15) is 19.9 Å². The van der Waals surface area contributed by atoms with E-state index in [1.54, 1.807) is 0 Å². The minimum absolute atomic E-state index is 0.00454. The van der Waals surface area contributed by atoms with E-state index in [2.05, 4.69) is 22.8 Å². The first kappa shape index (κ1) is 20.3. The summed E-state index contributed by atoms with van der Waals surface area (Å²) in [6, 6.07) is 16.0. The fraction of sp³-hybridized carbons (Fsp3) is 0.286. The largest absolute Gasteiger partial charge is 0.481 e. The lowest BCUT2D eigenvalue weighted by atomic mass is 9.98. The highest BCUT2D eigenvalue weighted by atomic mass is 16.5. The minimum Gasteiger partial charge on any atom is -0.481 e. The first-order valence-electron chi connectivity index (χ1n) is 9.21. The molecule has 3 N–H and O–H groups in total. The molecule has 2 aromatic rings. The molecule has 0 saturated heterocycles.